The second-order valence-electron chi connectivity index (χ2n) is 7.83. The Labute approximate surface area is 181 Å². The molecular weight excluding hydrogens is 402 g/mol. The number of carbonyl (C=O) groups is 2. The Morgan fingerprint density at radius 3 is 2.87 bits per heavy atom. The van der Waals surface area contributed by atoms with Crippen LogP contribution in [0.25, 0.3) is 0 Å². The van der Waals surface area contributed by atoms with Crippen LogP contribution in [0.5, 0.6) is 0 Å². The van der Waals surface area contributed by atoms with Gasteiger partial charge in [-0.15, -0.1) is 0 Å². The lowest BCUT2D eigenvalue weighted by Crippen LogP contribution is -2.50. The molecule has 0 spiro atoms. The monoisotopic (exact) mass is 429 g/mol. The highest BCUT2D eigenvalue weighted by Crippen LogP contribution is 2.21. The van der Waals surface area contributed by atoms with E-state index >= 15 is 0 Å². The summed E-state index contributed by atoms with van der Waals surface area (Å²) in [5.74, 6) is 0.398. The summed E-state index contributed by atoms with van der Waals surface area (Å²) < 4.78 is 0. The number of nitrogens with two attached hydrogens (primary N) is 1. The molecule has 1 aromatic heterocycles. The van der Waals surface area contributed by atoms with Gasteiger partial charge >= 0.3 is 0 Å². The molecule has 0 aliphatic carbocycles. The maximum Gasteiger partial charge on any atom is 0.242 e. The van der Waals surface area contributed by atoms with Crippen LogP contribution in [0.2, 0.25) is 5.02 Å². The topological polar surface area (TPSA) is 109 Å². The summed E-state index contributed by atoms with van der Waals surface area (Å²) in [6.45, 7) is 4.62. The molecule has 1 aliphatic rings. The molecule has 0 bridgehead atoms. The number of amides is 2. The number of pyridine rings is 1. The molecule has 3 rings (SSSR count). The van der Waals surface area contributed by atoms with Crippen LogP contribution in [0, 0.1) is 12.8 Å². The van der Waals surface area contributed by atoms with Crippen LogP contribution in [0.3, 0.4) is 0 Å². The van der Waals surface area contributed by atoms with E-state index in [0.29, 0.717) is 18.3 Å². The molecule has 160 valence electrons. The first-order chi connectivity index (χ1) is 14.3. The molecule has 1 aliphatic heterocycles. The molecule has 3 atom stereocenters. The van der Waals surface area contributed by atoms with E-state index in [1.54, 1.807) is 13.0 Å². The van der Waals surface area contributed by atoms with Gasteiger partial charge in [-0.2, -0.15) is 0 Å². The minimum absolute atomic E-state index is 0.156. The second-order valence-corrected chi connectivity index (χ2v) is 8.26. The fourth-order valence-electron chi connectivity index (χ4n) is 3.67. The standard InChI is InChI=1S/C22H28ClN5O2/c1-13-17(6-7-20(24)27-13)12-26-21(29)14(2)28-22(30)19-10-16(11-25-19)8-15-4-3-5-18(23)9-15/h3-7,9,14,16,19,25H,8,10-12H2,1-2H3,(H2,24,27)(H,26,29)(H,28,30)/t14-,16-,19+/m0/s1. The number of nitrogens with one attached hydrogen (secondary N) is 3. The first-order valence-electron chi connectivity index (χ1n) is 10.1. The van der Waals surface area contributed by atoms with Gasteiger partial charge in [0.15, 0.2) is 0 Å². The number of aromatic nitrogens is 1. The molecule has 0 radical (unpaired) electrons. The normalized spacial score (nSPS) is 19.3. The molecular formula is C22H28ClN5O2. The van der Waals surface area contributed by atoms with E-state index in [0.717, 1.165) is 41.2 Å². The largest absolute Gasteiger partial charge is 0.384 e. The first kappa shape index (κ1) is 22.1. The average Bonchev–Trinajstić information content (AvgIpc) is 3.15. The third-order valence-electron chi connectivity index (χ3n) is 5.37. The third kappa shape index (κ3) is 5.93. The van der Waals surface area contributed by atoms with Crippen molar-refractivity contribution in [2.75, 3.05) is 12.3 Å². The Morgan fingerprint density at radius 2 is 2.13 bits per heavy atom. The quantitative estimate of drug-likeness (QED) is 0.538. The van der Waals surface area contributed by atoms with E-state index in [1.807, 2.05) is 37.3 Å². The molecule has 1 fully saturated rings. The second kappa shape index (κ2) is 9.91. The van der Waals surface area contributed by atoms with E-state index in [-0.39, 0.29) is 17.9 Å². The van der Waals surface area contributed by atoms with Crippen LogP contribution in [-0.4, -0.2) is 35.4 Å². The van der Waals surface area contributed by atoms with Crippen molar-refractivity contribution in [2.45, 2.75) is 45.3 Å². The van der Waals surface area contributed by atoms with Crippen LogP contribution >= 0.6 is 11.6 Å². The lowest BCUT2D eigenvalue weighted by molar-refractivity contribution is -0.129. The minimum Gasteiger partial charge on any atom is -0.384 e. The summed E-state index contributed by atoms with van der Waals surface area (Å²) in [5, 5.41) is 9.62. The Hall–Kier alpha value is -2.64. The molecule has 5 N–H and O–H groups in total. The molecule has 2 heterocycles. The molecule has 2 amide bonds. The van der Waals surface area contributed by atoms with Gasteiger partial charge in [0.2, 0.25) is 11.8 Å². The van der Waals surface area contributed by atoms with E-state index in [1.165, 1.54) is 0 Å². The van der Waals surface area contributed by atoms with Gasteiger partial charge in [-0.1, -0.05) is 29.8 Å². The van der Waals surface area contributed by atoms with Crippen molar-refractivity contribution in [1.29, 1.82) is 0 Å². The Bertz CT molecular complexity index is 920. The Balaban J connectivity index is 1.45. The summed E-state index contributed by atoms with van der Waals surface area (Å²) in [6.07, 6.45) is 1.59. The van der Waals surface area contributed by atoms with E-state index < -0.39 is 6.04 Å². The Morgan fingerprint density at radius 1 is 1.33 bits per heavy atom. The van der Waals surface area contributed by atoms with Gasteiger partial charge in [-0.05, 0) is 68.5 Å². The molecule has 7 nitrogen and oxygen atoms in total. The molecule has 2 aromatic rings. The number of benzene rings is 1. The predicted molar refractivity (Wildman–Crippen MR) is 118 cm³/mol. The Kier molecular flexibility index (Phi) is 7.29. The van der Waals surface area contributed by atoms with E-state index in [9.17, 15) is 9.59 Å². The highest BCUT2D eigenvalue weighted by molar-refractivity contribution is 6.30. The number of carbonyl (C=O) groups excluding carboxylic acids is 2. The number of hydrogen-bond acceptors (Lipinski definition) is 5. The lowest BCUT2D eigenvalue weighted by atomic mass is 9.96. The van der Waals surface area contributed by atoms with E-state index in [2.05, 4.69) is 20.9 Å². The summed E-state index contributed by atoms with van der Waals surface area (Å²) in [7, 11) is 0. The zero-order valence-electron chi connectivity index (χ0n) is 17.2. The lowest BCUT2D eigenvalue weighted by Gasteiger charge is -2.17. The van der Waals surface area contributed by atoms with Crippen molar-refractivity contribution in [2.24, 2.45) is 5.92 Å². The highest BCUT2D eigenvalue weighted by atomic mass is 35.5. The molecule has 0 saturated carbocycles. The number of aryl methyl sites for hydroxylation is 1. The van der Waals surface area contributed by atoms with Crippen molar-refractivity contribution < 1.29 is 9.59 Å². The molecule has 0 unspecified atom stereocenters. The van der Waals surface area contributed by atoms with Gasteiger partial charge in [-0.3, -0.25) is 9.59 Å². The number of anilines is 1. The SMILES string of the molecule is Cc1nc(N)ccc1CNC(=O)[C@H](C)NC(=O)[C@H]1C[C@H](Cc2cccc(Cl)c2)CN1. The van der Waals surface area contributed by atoms with Gasteiger partial charge in [0.05, 0.1) is 6.04 Å². The van der Waals surface area contributed by atoms with Crippen molar-refractivity contribution in [3.63, 3.8) is 0 Å². The van der Waals surface area contributed by atoms with Gasteiger partial charge in [0.1, 0.15) is 11.9 Å². The van der Waals surface area contributed by atoms with Crippen LogP contribution < -0.4 is 21.7 Å². The zero-order valence-corrected chi connectivity index (χ0v) is 18.0. The van der Waals surface area contributed by atoms with Gasteiger partial charge in [0, 0.05) is 17.3 Å². The summed E-state index contributed by atoms with van der Waals surface area (Å²) >= 11 is 6.05. The fraction of sp³-hybridized carbons (Fsp3) is 0.409. The van der Waals surface area contributed by atoms with Gasteiger partial charge < -0.3 is 21.7 Å². The smallest absolute Gasteiger partial charge is 0.242 e. The number of nitrogens with zero attached hydrogens (tertiary/aromatic N) is 1. The van der Waals surface area contributed by atoms with Crippen LogP contribution in [-0.2, 0) is 22.6 Å². The van der Waals surface area contributed by atoms with Crippen LogP contribution in [0.15, 0.2) is 36.4 Å². The van der Waals surface area contributed by atoms with Gasteiger partial charge in [-0.25, -0.2) is 4.98 Å². The summed E-state index contributed by atoms with van der Waals surface area (Å²) in [6, 6.07) is 10.4. The molecule has 1 saturated heterocycles. The molecule has 8 heteroatoms. The fourth-order valence-corrected chi connectivity index (χ4v) is 3.89. The molecule has 30 heavy (non-hydrogen) atoms. The van der Waals surface area contributed by atoms with Crippen molar-refractivity contribution >= 4 is 29.2 Å². The van der Waals surface area contributed by atoms with Crippen LogP contribution in [0.4, 0.5) is 5.82 Å². The maximum atomic E-state index is 12.6. The molecule has 1 aromatic carbocycles. The number of hydrogen-bond donors (Lipinski definition) is 4. The minimum atomic E-state index is -0.631. The van der Waals surface area contributed by atoms with Crippen molar-refractivity contribution in [1.82, 2.24) is 20.9 Å². The number of halogens is 1. The average molecular weight is 430 g/mol. The third-order valence-corrected chi connectivity index (χ3v) is 5.61. The van der Waals surface area contributed by atoms with E-state index in [4.69, 9.17) is 17.3 Å². The summed E-state index contributed by atoms with van der Waals surface area (Å²) in [5.41, 5.74) is 8.47. The first-order valence-corrected chi connectivity index (χ1v) is 10.5. The van der Waals surface area contributed by atoms with Crippen molar-refractivity contribution in [3.8, 4) is 0 Å². The number of rotatable bonds is 7. The summed E-state index contributed by atoms with van der Waals surface area (Å²) in [4.78, 5) is 29.1. The highest BCUT2D eigenvalue weighted by Gasteiger charge is 2.30. The van der Waals surface area contributed by atoms with Gasteiger partial charge in [0.25, 0.3) is 0 Å². The number of nitrogen functional groups attached to an aromatic ring is 1. The van der Waals surface area contributed by atoms with Crippen LogP contribution in [0.1, 0.15) is 30.2 Å². The zero-order chi connectivity index (χ0) is 21.7. The van der Waals surface area contributed by atoms with Crippen molar-refractivity contribution in [3.05, 3.63) is 58.2 Å². The predicted octanol–water partition coefficient (Wildman–Crippen LogP) is 1.97. The maximum absolute atomic E-state index is 12.6.